The van der Waals surface area contributed by atoms with Gasteiger partial charge in [-0.05, 0) is 103 Å². The summed E-state index contributed by atoms with van der Waals surface area (Å²) in [4.78, 5) is 30.4. The number of fused-ring (bicyclic) bond motifs is 1. The van der Waals surface area contributed by atoms with E-state index in [-0.39, 0.29) is 17.7 Å². The second-order valence-electron chi connectivity index (χ2n) is 11.9. The fourth-order valence-corrected chi connectivity index (χ4v) is 7.55. The maximum atomic E-state index is 13.8. The molecule has 0 radical (unpaired) electrons. The van der Waals surface area contributed by atoms with E-state index in [1.807, 2.05) is 42.5 Å². The number of rotatable bonds is 10. The summed E-state index contributed by atoms with van der Waals surface area (Å²) in [7, 11) is 0.561. The molecule has 0 saturated carbocycles. The van der Waals surface area contributed by atoms with E-state index in [9.17, 15) is 19.1 Å². The number of nitriles is 1. The van der Waals surface area contributed by atoms with Crippen molar-refractivity contribution in [3.63, 3.8) is 0 Å². The van der Waals surface area contributed by atoms with E-state index in [1.54, 1.807) is 48.5 Å². The summed E-state index contributed by atoms with van der Waals surface area (Å²) in [6, 6.07) is 24.2. The minimum atomic E-state index is -1.24. The van der Waals surface area contributed by atoms with Crippen LogP contribution in [0.2, 0.25) is 10.0 Å². The molecule has 5 rings (SSSR count). The first-order valence-corrected chi connectivity index (χ1v) is 17.5. The van der Waals surface area contributed by atoms with Crippen LogP contribution in [0, 0.1) is 11.3 Å². The van der Waals surface area contributed by atoms with Gasteiger partial charge in [0, 0.05) is 41.8 Å². The number of piperidine rings is 1. The summed E-state index contributed by atoms with van der Waals surface area (Å²) in [5.74, 6) is -0.445. The number of amides is 2. The molecule has 1 saturated heterocycles. The van der Waals surface area contributed by atoms with E-state index in [1.165, 1.54) is 0 Å². The van der Waals surface area contributed by atoms with Crippen molar-refractivity contribution in [1.82, 2.24) is 9.80 Å². The first kappa shape index (κ1) is 33.6. The Morgan fingerprint density at radius 3 is 2.46 bits per heavy atom. The van der Waals surface area contributed by atoms with Gasteiger partial charge in [0.05, 0.1) is 32.5 Å². The Morgan fingerprint density at radius 1 is 1.04 bits per heavy atom. The van der Waals surface area contributed by atoms with Crippen LogP contribution < -0.4 is 5.73 Å². The smallest absolute Gasteiger partial charge is 0.254 e. The molecule has 2 amide bonds. The number of hydrogen-bond acceptors (Lipinski definition) is 5. The van der Waals surface area contributed by atoms with Gasteiger partial charge in [0.1, 0.15) is 0 Å². The third-order valence-corrected chi connectivity index (χ3v) is 10.6. The Bertz CT molecular complexity index is 1850. The molecule has 4 aromatic rings. The Balaban J connectivity index is 1.30. The van der Waals surface area contributed by atoms with Crippen molar-refractivity contribution in [2.45, 2.75) is 36.0 Å². The van der Waals surface area contributed by atoms with Gasteiger partial charge in [-0.1, -0.05) is 59.6 Å². The van der Waals surface area contributed by atoms with Gasteiger partial charge < -0.3 is 15.5 Å². The molecule has 2 atom stereocenters. The van der Waals surface area contributed by atoms with Crippen LogP contribution in [0.25, 0.3) is 10.8 Å². The molecule has 1 fully saturated rings. The van der Waals surface area contributed by atoms with E-state index in [4.69, 9.17) is 28.9 Å². The number of carbonyl (C=O) groups excluding carboxylic acids is 2. The molecule has 0 spiro atoms. The van der Waals surface area contributed by atoms with Gasteiger partial charge in [0.15, 0.2) is 0 Å². The van der Waals surface area contributed by atoms with Crippen LogP contribution >= 0.6 is 23.2 Å². The lowest BCUT2D eigenvalue weighted by Crippen LogP contribution is -2.36. The molecule has 4 aromatic carbocycles. The molecular weight excluding hydrogens is 639 g/mol. The van der Waals surface area contributed by atoms with Crippen LogP contribution in [-0.2, 0) is 10.8 Å². The number of halogens is 2. The van der Waals surface area contributed by atoms with E-state index in [0.717, 1.165) is 60.8 Å². The molecule has 0 aromatic heterocycles. The van der Waals surface area contributed by atoms with Gasteiger partial charge in [-0.2, -0.15) is 5.26 Å². The van der Waals surface area contributed by atoms with Crippen LogP contribution in [0.3, 0.4) is 0 Å². The fraction of sp³-hybridized carbons (Fsp3) is 0.306. The average molecular weight is 676 g/mol. The highest BCUT2D eigenvalue weighted by molar-refractivity contribution is 7.84. The van der Waals surface area contributed by atoms with Gasteiger partial charge in [-0.25, -0.2) is 0 Å². The van der Waals surface area contributed by atoms with Gasteiger partial charge >= 0.3 is 0 Å². The summed E-state index contributed by atoms with van der Waals surface area (Å²) in [5.41, 5.74) is 8.81. The molecule has 10 heteroatoms. The normalized spacial score (nSPS) is 15.3. The zero-order chi connectivity index (χ0) is 33.0. The zero-order valence-corrected chi connectivity index (χ0v) is 28.2. The highest BCUT2D eigenvalue weighted by Gasteiger charge is 2.26. The number of likely N-dealkylation sites (N-methyl/N-ethyl adjacent to an activating group) is 1. The number of hydrogen-bond donors (Lipinski definition) is 1. The highest BCUT2D eigenvalue weighted by Crippen LogP contribution is 2.34. The van der Waals surface area contributed by atoms with Crippen molar-refractivity contribution in [3.8, 4) is 6.07 Å². The molecule has 7 nitrogen and oxygen atoms in total. The van der Waals surface area contributed by atoms with Crippen LogP contribution in [0.4, 0.5) is 0 Å². The zero-order valence-electron chi connectivity index (χ0n) is 25.8. The van der Waals surface area contributed by atoms with Crippen molar-refractivity contribution in [1.29, 1.82) is 5.26 Å². The van der Waals surface area contributed by atoms with Crippen LogP contribution in [0.5, 0.6) is 0 Å². The monoisotopic (exact) mass is 674 g/mol. The minimum Gasteiger partial charge on any atom is -0.366 e. The molecule has 0 aliphatic carbocycles. The predicted octanol–water partition coefficient (Wildman–Crippen LogP) is 6.98. The van der Waals surface area contributed by atoms with Crippen molar-refractivity contribution in [3.05, 3.63) is 111 Å². The van der Waals surface area contributed by atoms with Crippen LogP contribution in [0.15, 0.2) is 77.7 Å². The number of carbonyl (C=O) groups is 2. The van der Waals surface area contributed by atoms with Gasteiger partial charge in [-0.15, -0.1) is 0 Å². The first-order valence-electron chi connectivity index (χ1n) is 15.2. The quantitative estimate of drug-likeness (QED) is 0.195. The largest absolute Gasteiger partial charge is 0.366 e. The number of primary amides is 1. The second kappa shape index (κ2) is 14.8. The molecule has 0 unspecified atom stereocenters. The van der Waals surface area contributed by atoms with Gasteiger partial charge in [0.2, 0.25) is 5.91 Å². The summed E-state index contributed by atoms with van der Waals surface area (Å²) >= 11 is 12.7. The molecule has 1 aliphatic heterocycles. The Morgan fingerprint density at radius 2 is 1.78 bits per heavy atom. The molecular formula is C36H36Cl2N4O3S. The van der Waals surface area contributed by atoms with Crippen molar-refractivity contribution in [2.24, 2.45) is 5.73 Å². The number of likely N-dealkylation sites (tertiary alicyclic amines) is 1. The lowest BCUT2D eigenvalue weighted by molar-refractivity contribution is 0.0783. The SMILES string of the molecule is CN(C[C@@H](CCN1CCC(c2ccc(C(N)=O)cc2[S@@](C)=O)CC1)c1ccc(Cl)c(Cl)c1)C(=O)c1cc(C#N)cc2ccccc12. The molecule has 46 heavy (non-hydrogen) atoms. The summed E-state index contributed by atoms with van der Waals surface area (Å²) < 4.78 is 12.5. The number of nitrogens with zero attached hydrogens (tertiary/aromatic N) is 3. The molecule has 1 aliphatic rings. The second-order valence-corrected chi connectivity index (χ2v) is 14.1. The molecule has 0 bridgehead atoms. The van der Waals surface area contributed by atoms with E-state index in [2.05, 4.69) is 11.0 Å². The van der Waals surface area contributed by atoms with E-state index >= 15 is 0 Å². The molecule has 2 N–H and O–H groups in total. The number of nitrogens with two attached hydrogens (primary N) is 1. The lowest BCUT2D eigenvalue weighted by Gasteiger charge is -2.34. The summed E-state index contributed by atoms with van der Waals surface area (Å²) in [6.45, 7) is 3.01. The van der Waals surface area contributed by atoms with Crippen molar-refractivity contribution < 1.29 is 13.8 Å². The fourth-order valence-electron chi connectivity index (χ4n) is 6.38. The Labute approximate surface area is 282 Å². The van der Waals surface area contributed by atoms with Gasteiger partial charge in [-0.3, -0.25) is 13.8 Å². The van der Waals surface area contributed by atoms with Crippen LogP contribution in [0.1, 0.15) is 68.5 Å². The van der Waals surface area contributed by atoms with E-state index in [0.29, 0.717) is 38.2 Å². The molecule has 1 heterocycles. The summed E-state index contributed by atoms with van der Waals surface area (Å²) in [5, 5.41) is 12.2. The Kier molecular flexibility index (Phi) is 10.8. The first-order chi connectivity index (χ1) is 22.0. The third-order valence-electron chi connectivity index (χ3n) is 8.91. The topological polar surface area (TPSA) is 108 Å². The Hall–Kier alpha value is -3.74. The highest BCUT2D eigenvalue weighted by atomic mass is 35.5. The molecule has 238 valence electrons. The average Bonchev–Trinajstić information content (AvgIpc) is 3.06. The number of benzene rings is 4. The van der Waals surface area contributed by atoms with Gasteiger partial charge in [0.25, 0.3) is 5.91 Å². The third kappa shape index (κ3) is 7.62. The maximum absolute atomic E-state index is 13.8. The maximum Gasteiger partial charge on any atom is 0.254 e. The van der Waals surface area contributed by atoms with Crippen molar-refractivity contribution >= 4 is 56.6 Å². The van der Waals surface area contributed by atoms with Crippen molar-refractivity contribution in [2.75, 3.05) is 39.5 Å². The van der Waals surface area contributed by atoms with Crippen LogP contribution in [-0.4, -0.2) is 65.3 Å². The minimum absolute atomic E-state index is 0.0117. The lowest BCUT2D eigenvalue weighted by atomic mass is 9.88. The standard InChI is InChI=1S/C36H36Cl2N4O3S/c1-41(36(44)31-18-23(21-39)17-26-5-3-4-6-29(26)31)22-28(25-8-10-32(37)33(38)19-25)13-16-42-14-11-24(12-15-42)30-9-7-27(35(40)43)20-34(30)46(2)45/h3-10,17-20,24,28H,11-16,22H2,1-2H3,(H2,40,43)/t28-,46-/m1/s1. The summed E-state index contributed by atoms with van der Waals surface area (Å²) in [6.07, 6.45) is 4.22. The van der Waals surface area contributed by atoms with E-state index < -0.39 is 16.7 Å². The predicted molar refractivity (Wildman–Crippen MR) is 185 cm³/mol.